The van der Waals surface area contributed by atoms with Crippen molar-refractivity contribution in [2.45, 2.75) is 207 Å². The van der Waals surface area contributed by atoms with E-state index in [1.807, 2.05) is 58.0 Å². The molecule has 0 aliphatic carbocycles. The third kappa shape index (κ3) is 20.4. The molecule has 2 unspecified atom stereocenters. The number of benzene rings is 6. The van der Waals surface area contributed by atoms with Gasteiger partial charge in [-0.25, -0.2) is 4.79 Å². The molecule has 7 aromatic rings. The second-order valence-electron chi connectivity index (χ2n) is 32.8. The highest BCUT2D eigenvalue weighted by Gasteiger charge is 2.53. The monoisotopic (exact) mass is 1800 g/mol. The lowest BCUT2D eigenvalue weighted by Gasteiger charge is -2.46. The van der Waals surface area contributed by atoms with Crippen LogP contribution in [0.25, 0.3) is 22.4 Å². The fourth-order valence-electron chi connectivity index (χ4n) is 16.0. The second-order valence-corrected chi connectivity index (χ2v) is 33.6. The van der Waals surface area contributed by atoms with E-state index in [0.29, 0.717) is 11.3 Å². The number of phenols is 3. The van der Waals surface area contributed by atoms with Crippen LogP contribution in [0.3, 0.4) is 0 Å². The van der Waals surface area contributed by atoms with Gasteiger partial charge in [-0.15, -0.1) is 0 Å². The molecule has 39 nitrogen and oxygen atoms in total. The van der Waals surface area contributed by atoms with Crippen molar-refractivity contribution < 1.29 is 138 Å². The lowest BCUT2D eigenvalue weighted by Crippen LogP contribution is -2.65. The maximum atomic E-state index is 16.4. The first-order chi connectivity index (χ1) is 60.2. The number of halogens is 2. The van der Waals surface area contributed by atoms with E-state index in [1.165, 1.54) is 33.0 Å². The highest BCUT2D eigenvalue weighted by atomic mass is 35.5. The average Bonchev–Trinajstić information content (AvgIpc) is 0.760. The van der Waals surface area contributed by atoms with Crippen molar-refractivity contribution in [1.82, 2.24) is 47.5 Å². The Bertz CT molecular complexity index is 5330. The molecule has 0 spiro atoms. The number of carbonyl (C=O) groups is 8. The van der Waals surface area contributed by atoms with Gasteiger partial charge in [-0.3, -0.25) is 38.5 Å². The number of aryl methyl sites for hydroxylation is 2. The van der Waals surface area contributed by atoms with Crippen molar-refractivity contribution in [2.24, 2.45) is 17.4 Å². The average molecular weight is 1810 g/mol. The summed E-state index contributed by atoms with van der Waals surface area (Å²) in [5, 5.41) is 160. The number of aromatic nitrogens is 1. The van der Waals surface area contributed by atoms with E-state index < -0.39 is 279 Å². The molecule has 8 aliphatic rings. The third-order valence-corrected chi connectivity index (χ3v) is 23.6. The van der Waals surface area contributed by atoms with Crippen molar-refractivity contribution in [1.29, 1.82) is 0 Å². The van der Waals surface area contributed by atoms with Crippen molar-refractivity contribution in [3.05, 3.63) is 170 Å². The Hall–Kier alpha value is -11.0. The van der Waals surface area contributed by atoms with Gasteiger partial charge in [0.2, 0.25) is 53.4 Å². The topological polar surface area (TPSA) is 614 Å². The molecule has 3 saturated heterocycles. The largest absolute Gasteiger partial charge is 0.508 e. The van der Waals surface area contributed by atoms with Crippen LogP contribution in [0, 0.1) is 19.8 Å². The van der Waals surface area contributed by atoms with Crippen molar-refractivity contribution in [3.63, 3.8) is 0 Å². The molecule has 127 heavy (non-hydrogen) atoms. The number of pyridine rings is 1. The van der Waals surface area contributed by atoms with Gasteiger partial charge in [-0.2, -0.15) is 0 Å². The molecule has 15 rings (SSSR count). The summed E-state index contributed by atoms with van der Waals surface area (Å²) in [7, 11) is 1.46. The number of hydrogen-bond donors (Lipinski definition) is 22. The second kappa shape index (κ2) is 38.9. The zero-order valence-electron chi connectivity index (χ0n) is 69.2. The number of phenolic OH excluding ortho intramolecular Hbond substituents is 3. The molecule has 41 heteroatoms. The van der Waals surface area contributed by atoms with E-state index in [2.05, 4.69) is 47.5 Å². The molecule has 11 bridgehead atoms. The minimum absolute atomic E-state index is 0.130. The maximum absolute atomic E-state index is 16.4. The molecule has 7 amide bonds. The Morgan fingerprint density at radius 3 is 1.94 bits per heavy atom. The molecule has 0 radical (unpaired) electrons. The Labute approximate surface area is 735 Å². The first kappa shape index (κ1) is 93.6. The molecular formula is C86H99Cl2N11O28. The number of likely N-dealkylation sites (N-methyl/N-ethyl adjacent to an activating group) is 1. The summed E-state index contributed by atoms with van der Waals surface area (Å²) < 4.78 is 51.3. The van der Waals surface area contributed by atoms with Crippen molar-refractivity contribution >= 4 is 70.5 Å². The Morgan fingerprint density at radius 1 is 0.661 bits per heavy atom. The van der Waals surface area contributed by atoms with Crippen molar-refractivity contribution in [3.8, 4) is 68.4 Å². The van der Waals surface area contributed by atoms with Gasteiger partial charge in [0.25, 0.3) is 0 Å². The SMILES string of the molecule is CN[C@H](CC(C)C)C(=O)NC1C(=O)N[C@@H](CC(N)=O)C(=O)N[C@H]2C(=O)N[C@H]3C(=O)N[C@H](C(=O)NC(C(=O)O)c4cc(O)cc(O)c4-c4cc3ccc4O)[C@H](O[C@H]3C[C@](C)(N)[C@@H](O)[C@H](C)O3)c3ccc(c(Cl)c3)Oc3cc2cc(c3O[C@@H]2O[C@H](CO)[C@@H](O[C@@H]3O[C@H](CNCc4ccc(-c5ccc(C)c(C)c5)nc4)[C@H](O)[C@H](O)[C@H]3O)[C@H](O)[C@H]2O)Oc2ccc(cc2Cl)[C@H]1O. The quantitative estimate of drug-likeness (QED) is 0.0513. The van der Waals surface area contributed by atoms with Crippen LogP contribution in [0.5, 0.6) is 46.0 Å². The Balaban J connectivity index is 0.957. The Kier molecular flexibility index (Phi) is 28.7. The van der Waals surface area contributed by atoms with Crippen LogP contribution < -0.4 is 68.2 Å². The number of aliphatic hydroxyl groups excluding tert-OH is 8. The highest BCUT2D eigenvalue weighted by molar-refractivity contribution is 6.32. The van der Waals surface area contributed by atoms with E-state index in [9.17, 15) is 75.7 Å². The molecule has 1 aromatic heterocycles. The molecule has 24 N–H and O–H groups in total. The third-order valence-electron chi connectivity index (χ3n) is 23.0. The zero-order chi connectivity index (χ0) is 91.8. The molecule has 23 atom stereocenters. The van der Waals surface area contributed by atoms with E-state index in [-0.39, 0.29) is 48.5 Å². The minimum atomic E-state index is -2.42. The van der Waals surface area contributed by atoms with Gasteiger partial charge in [0.15, 0.2) is 30.1 Å². The number of aliphatic hydroxyl groups is 8. The number of aromatic hydroxyl groups is 3. The van der Waals surface area contributed by atoms with Gasteiger partial charge < -0.3 is 153 Å². The first-order valence-electron chi connectivity index (χ1n) is 40.6. The Morgan fingerprint density at radius 2 is 1.31 bits per heavy atom. The summed E-state index contributed by atoms with van der Waals surface area (Å²) in [4.78, 5) is 125. The van der Waals surface area contributed by atoms with Gasteiger partial charge in [-0.1, -0.05) is 73.4 Å². The molecule has 0 saturated carbocycles. The number of nitrogens with one attached hydrogen (secondary N) is 8. The number of hydrogen-bond acceptors (Lipinski definition) is 31. The number of carboxylic acids is 1. The number of rotatable bonds is 20. The van der Waals surface area contributed by atoms with Crippen molar-refractivity contribution in [2.75, 3.05) is 20.2 Å². The van der Waals surface area contributed by atoms with Gasteiger partial charge >= 0.3 is 5.97 Å². The summed E-state index contributed by atoms with van der Waals surface area (Å²) in [5.41, 5.74) is 12.5. The van der Waals surface area contributed by atoms with E-state index in [1.54, 1.807) is 6.20 Å². The number of nitrogens with zero attached hydrogens (tertiary/aromatic N) is 1. The number of nitrogens with two attached hydrogens (primary N) is 2. The summed E-state index contributed by atoms with van der Waals surface area (Å²) in [5.74, 6) is -16.7. The van der Waals surface area contributed by atoms with Crippen LogP contribution in [0.2, 0.25) is 10.0 Å². The number of primary amides is 1. The lowest BCUT2D eigenvalue weighted by atomic mass is 9.86. The number of aliphatic carboxylic acids is 1. The van der Waals surface area contributed by atoms with Crippen LogP contribution in [0.15, 0.2) is 115 Å². The van der Waals surface area contributed by atoms with E-state index in [0.717, 1.165) is 83.4 Å². The van der Waals surface area contributed by atoms with Gasteiger partial charge in [0.1, 0.15) is 120 Å². The summed E-state index contributed by atoms with van der Waals surface area (Å²) in [6, 6.07) is 8.63. The van der Waals surface area contributed by atoms with Gasteiger partial charge in [-0.05, 0) is 153 Å². The van der Waals surface area contributed by atoms with Crippen LogP contribution in [0.1, 0.15) is 122 Å². The van der Waals surface area contributed by atoms with Crippen LogP contribution in [-0.2, 0) is 68.6 Å². The van der Waals surface area contributed by atoms with Crippen LogP contribution in [-0.4, -0.2) is 243 Å². The predicted octanol–water partition coefficient (Wildman–Crippen LogP) is 1.41. The molecule has 8 aliphatic heterocycles. The summed E-state index contributed by atoms with van der Waals surface area (Å²) in [6.07, 6.45) is -27.5. The molecule has 6 aromatic carbocycles. The van der Waals surface area contributed by atoms with Crippen LogP contribution >= 0.6 is 23.2 Å². The van der Waals surface area contributed by atoms with Crippen LogP contribution in [0.4, 0.5) is 0 Å². The summed E-state index contributed by atoms with van der Waals surface area (Å²) >= 11 is 14.5. The number of amides is 7. The lowest BCUT2D eigenvalue weighted by molar-refractivity contribution is -0.350. The molecule has 9 heterocycles. The normalized spacial score (nSPS) is 29.5. The van der Waals surface area contributed by atoms with Gasteiger partial charge in [0.05, 0.1) is 47.0 Å². The standard InChI is InChI=1S/C86H99Cl2N11O28/c1-33(2)18-49(91-7)77(112)98-65-67(105)40-12-16-53(46(87)21-40)121-55-23-42-24-56(74(55)126-85-72(110)70(108)75(58(32-100)124-85)127-84-71(109)69(107)68(106)57(123-84)31-92-29-37-9-14-48(93-30-37)38-10-8-34(3)35(4)19-38)122-54-17-13-41(22-47(54)88)73(125-60-28-86(6,90)76(111)36(5)120-60)66-82(117)97-64(83(118)119)45-25-43(101)26-52(103)61(45)44-20-39(11-15-51(44)102)62(79(114)99-66)96-80(115)63(42)95-78(113)50(27-59(89)104)94-81(65)116/h8-17,19-26,30,33,36,49-50,57-58,60,62-73,75-76,84-85,91-92,100-103,105-111H,18,27-29,31-32,90H2,1-7H3,(H2,89,104)(H,94,116)(H,95,113)(H,96,115)(H,97,117)(H,98,112)(H,99,114)(H,118,119)/t36-,49+,50-,57+,58+,60-,62+,63+,64?,65?,66-,67+,68-,69-,70+,71+,72+,73+,75+,76-,84-,85-,86-/m0/s1. The molecule has 3 fully saturated rings. The zero-order valence-corrected chi connectivity index (χ0v) is 70.8. The number of carboxylic acid groups (broad SMARTS) is 1. The van der Waals surface area contributed by atoms with Gasteiger partial charge in [0, 0.05) is 59.6 Å². The number of carbonyl (C=O) groups excluding carboxylic acids is 7. The first-order valence-corrected chi connectivity index (χ1v) is 41.3. The predicted molar refractivity (Wildman–Crippen MR) is 446 cm³/mol. The number of fused-ring (bicyclic) bond motifs is 15. The maximum Gasteiger partial charge on any atom is 0.330 e. The minimum Gasteiger partial charge on any atom is -0.508 e. The molecular weight excluding hydrogens is 1710 g/mol. The highest BCUT2D eigenvalue weighted by Crippen LogP contribution is 2.50. The number of ether oxygens (including phenoxy) is 8. The fraction of sp³-hybridized carbons (Fsp3) is 0.430. The smallest absolute Gasteiger partial charge is 0.330 e. The summed E-state index contributed by atoms with van der Waals surface area (Å²) in [6.45, 7) is 9.39. The molecule has 680 valence electrons. The van der Waals surface area contributed by atoms with E-state index in [4.69, 9.17) is 72.6 Å². The van der Waals surface area contributed by atoms with E-state index >= 15 is 24.0 Å². The fourth-order valence-corrected chi connectivity index (χ4v) is 16.4.